The van der Waals surface area contributed by atoms with Crippen molar-refractivity contribution in [1.29, 1.82) is 0 Å². The Morgan fingerprint density at radius 1 is 1.38 bits per heavy atom. The van der Waals surface area contributed by atoms with Gasteiger partial charge in [-0.25, -0.2) is 0 Å². The summed E-state index contributed by atoms with van der Waals surface area (Å²) in [6, 6.07) is 7.36. The molecule has 0 radical (unpaired) electrons. The summed E-state index contributed by atoms with van der Waals surface area (Å²) in [6.45, 7) is 2.66. The predicted octanol–water partition coefficient (Wildman–Crippen LogP) is 0.912. The maximum Gasteiger partial charge on any atom is 0.237 e. The number of hydrogen-bond donors (Lipinski definition) is 2. The van der Waals surface area contributed by atoms with Crippen molar-refractivity contribution in [1.82, 2.24) is 15.5 Å². The third-order valence-corrected chi connectivity index (χ3v) is 4.67. The van der Waals surface area contributed by atoms with Crippen LogP contribution in [0.3, 0.4) is 0 Å². The average molecular weight is 331 g/mol. The topological polar surface area (TPSA) is 70.7 Å². The summed E-state index contributed by atoms with van der Waals surface area (Å²) in [5.74, 6) is 1.32. The first-order valence-electron chi connectivity index (χ1n) is 8.57. The Kier molecular flexibility index (Phi) is 5.35. The zero-order valence-electron chi connectivity index (χ0n) is 14.1. The molecule has 1 aliphatic carbocycles. The van der Waals surface area contributed by atoms with Gasteiger partial charge in [0.15, 0.2) is 0 Å². The number of nitrogens with one attached hydrogen (secondary N) is 2. The van der Waals surface area contributed by atoms with E-state index in [0.29, 0.717) is 19.0 Å². The summed E-state index contributed by atoms with van der Waals surface area (Å²) in [6.07, 6.45) is 2.60. The Morgan fingerprint density at radius 3 is 2.92 bits per heavy atom. The van der Waals surface area contributed by atoms with Crippen molar-refractivity contribution in [3.05, 3.63) is 29.8 Å². The molecule has 0 unspecified atom stereocenters. The molecule has 2 aliphatic rings. The summed E-state index contributed by atoms with van der Waals surface area (Å²) >= 11 is 0. The third-order valence-electron chi connectivity index (χ3n) is 4.67. The predicted molar refractivity (Wildman–Crippen MR) is 90.6 cm³/mol. The number of carbonyl (C=O) groups excluding carboxylic acids is 2. The van der Waals surface area contributed by atoms with Gasteiger partial charge in [0.05, 0.1) is 19.6 Å². The van der Waals surface area contributed by atoms with Gasteiger partial charge in [0.2, 0.25) is 11.8 Å². The average Bonchev–Trinajstić information content (AvgIpc) is 3.41. The van der Waals surface area contributed by atoms with Crippen LogP contribution in [0.4, 0.5) is 0 Å². The van der Waals surface area contributed by atoms with Gasteiger partial charge < -0.3 is 15.4 Å². The molecule has 1 heterocycles. The van der Waals surface area contributed by atoms with E-state index in [0.717, 1.165) is 24.4 Å². The molecule has 1 aliphatic heterocycles. The lowest BCUT2D eigenvalue weighted by atomic mass is 10.1. The molecule has 1 saturated heterocycles. The normalized spacial score (nSPS) is 21.2. The van der Waals surface area contributed by atoms with E-state index in [4.69, 9.17) is 4.74 Å². The fraction of sp³-hybridized carbons (Fsp3) is 0.556. The van der Waals surface area contributed by atoms with E-state index in [2.05, 4.69) is 15.5 Å². The lowest BCUT2D eigenvalue weighted by Gasteiger charge is -2.35. The minimum Gasteiger partial charge on any atom is -0.496 e. The van der Waals surface area contributed by atoms with Crippen molar-refractivity contribution in [2.75, 3.05) is 26.7 Å². The number of hydrogen-bond acceptors (Lipinski definition) is 4. The molecule has 6 heteroatoms. The summed E-state index contributed by atoms with van der Waals surface area (Å²) in [7, 11) is 1.64. The third kappa shape index (κ3) is 4.26. The van der Waals surface area contributed by atoms with E-state index in [-0.39, 0.29) is 18.2 Å². The number of amides is 2. The molecule has 2 N–H and O–H groups in total. The maximum atomic E-state index is 12.3. The van der Waals surface area contributed by atoms with Crippen LogP contribution in [0.15, 0.2) is 24.3 Å². The first kappa shape index (κ1) is 16.8. The lowest BCUT2D eigenvalue weighted by molar-refractivity contribution is -0.134. The van der Waals surface area contributed by atoms with Crippen LogP contribution in [0.5, 0.6) is 5.75 Å². The Balaban J connectivity index is 1.64. The molecule has 24 heavy (non-hydrogen) atoms. The first-order valence-corrected chi connectivity index (χ1v) is 8.57. The Hall–Kier alpha value is -2.08. The van der Waals surface area contributed by atoms with Crippen LogP contribution >= 0.6 is 0 Å². The summed E-state index contributed by atoms with van der Waals surface area (Å²) < 4.78 is 5.40. The molecule has 1 aromatic rings. The molecule has 0 spiro atoms. The number of ether oxygens (including phenoxy) is 1. The second-order valence-corrected chi connectivity index (χ2v) is 6.54. The van der Waals surface area contributed by atoms with E-state index in [1.165, 1.54) is 12.8 Å². The highest BCUT2D eigenvalue weighted by Gasteiger charge is 2.32. The van der Waals surface area contributed by atoms with Crippen LogP contribution in [0.1, 0.15) is 24.8 Å². The lowest BCUT2D eigenvalue weighted by Crippen LogP contribution is -2.56. The van der Waals surface area contributed by atoms with Crippen LogP contribution in [0.25, 0.3) is 0 Å². The smallest absolute Gasteiger partial charge is 0.237 e. The minimum absolute atomic E-state index is 0.0472. The van der Waals surface area contributed by atoms with Gasteiger partial charge in [-0.3, -0.25) is 14.5 Å². The van der Waals surface area contributed by atoms with Crippen LogP contribution in [0.2, 0.25) is 0 Å². The van der Waals surface area contributed by atoms with Crippen LogP contribution in [0, 0.1) is 5.92 Å². The van der Waals surface area contributed by atoms with Crippen molar-refractivity contribution >= 4 is 11.8 Å². The maximum absolute atomic E-state index is 12.3. The van der Waals surface area contributed by atoms with Gasteiger partial charge in [0, 0.05) is 31.7 Å². The van der Waals surface area contributed by atoms with E-state index in [1.54, 1.807) is 7.11 Å². The number of rotatable bonds is 7. The quantitative estimate of drug-likeness (QED) is 0.779. The number of benzene rings is 1. The largest absolute Gasteiger partial charge is 0.496 e. The van der Waals surface area contributed by atoms with Gasteiger partial charge in [0.25, 0.3) is 0 Å². The number of para-hydroxylation sites is 1. The minimum atomic E-state index is -0.428. The molecule has 2 amide bonds. The van der Waals surface area contributed by atoms with E-state index >= 15 is 0 Å². The zero-order chi connectivity index (χ0) is 16.9. The van der Waals surface area contributed by atoms with Gasteiger partial charge in [0.1, 0.15) is 5.75 Å². The number of nitrogens with zero attached hydrogens (tertiary/aromatic N) is 1. The monoisotopic (exact) mass is 331 g/mol. The number of piperazine rings is 1. The second kappa shape index (κ2) is 7.66. The summed E-state index contributed by atoms with van der Waals surface area (Å²) in [5, 5.41) is 5.82. The molecular formula is C18H25N3O3. The van der Waals surface area contributed by atoms with E-state index < -0.39 is 6.04 Å². The van der Waals surface area contributed by atoms with Crippen molar-refractivity contribution in [3.8, 4) is 5.75 Å². The molecule has 1 atom stereocenters. The molecule has 0 aromatic heterocycles. The second-order valence-electron chi connectivity index (χ2n) is 6.54. The van der Waals surface area contributed by atoms with E-state index in [1.807, 2.05) is 24.3 Å². The van der Waals surface area contributed by atoms with Crippen molar-refractivity contribution < 1.29 is 14.3 Å². The summed E-state index contributed by atoms with van der Waals surface area (Å²) in [4.78, 5) is 26.5. The molecule has 1 saturated carbocycles. The fourth-order valence-corrected chi connectivity index (χ4v) is 3.05. The molecular weight excluding hydrogens is 306 g/mol. The van der Waals surface area contributed by atoms with Gasteiger partial charge in [-0.2, -0.15) is 0 Å². The molecule has 1 aromatic carbocycles. The number of methoxy groups -OCH3 is 1. The molecule has 3 rings (SSSR count). The summed E-state index contributed by atoms with van der Waals surface area (Å²) in [5.41, 5.74) is 1.03. The highest BCUT2D eigenvalue weighted by Crippen LogP contribution is 2.27. The van der Waals surface area contributed by atoms with Gasteiger partial charge in [-0.15, -0.1) is 0 Å². The van der Waals surface area contributed by atoms with Crippen LogP contribution in [-0.2, 0) is 16.1 Å². The van der Waals surface area contributed by atoms with Crippen molar-refractivity contribution in [2.45, 2.75) is 31.8 Å². The van der Waals surface area contributed by atoms with Gasteiger partial charge in [-0.05, 0) is 24.8 Å². The van der Waals surface area contributed by atoms with E-state index in [9.17, 15) is 9.59 Å². The van der Waals surface area contributed by atoms with Gasteiger partial charge in [-0.1, -0.05) is 18.2 Å². The SMILES string of the molecule is COc1ccccc1CN1CCNC(=O)[C@H]1CC(=O)NCC1CC1. The molecule has 0 bridgehead atoms. The molecule has 130 valence electrons. The van der Waals surface area contributed by atoms with Crippen LogP contribution in [-0.4, -0.2) is 49.5 Å². The van der Waals surface area contributed by atoms with Crippen LogP contribution < -0.4 is 15.4 Å². The number of carbonyl (C=O) groups is 2. The van der Waals surface area contributed by atoms with Crippen molar-refractivity contribution in [2.24, 2.45) is 5.92 Å². The first-order chi connectivity index (χ1) is 11.7. The Morgan fingerprint density at radius 2 is 2.17 bits per heavy atom. The molecule has 6 nitrogen and oxygen atoms in total. The standard InChI is InChI=1S/C18H25N3O3/c1-24-16-5-3-2-4-14(16)12-21-9-8-19-18(23)15(21)10-17(22)20-11-13-6-7-13/h2-5,13,15H,6-12H2,1H3,(H,19,23)(H,20,22)/t15-/m1/s1. The highest BCUT2D eigenvalue weighted by molar-refractivity contribution is 5.88. The van der Waals surface area contributed by atoms with Gasteiger partial charge >= 0.3 is 0 Å². The Labute approximate surface area is 142 Å². The van der Waals surface area contributed by atoms with Crippen molar-refractivity contribution in [3.63, 3.8) is 0 Å². The zero-order valence-corrected chi connectivity index (χ0v) is 14.1. The Bertz CT molecular complexity index is 601. The molecule has 2 fully saturated rings. The fourth-order valence-electron chi connectivity index (χ4n) is 3.05. The highest BCUT2D eigenvalue weighted by atomic mass is 16.5.